The van der Waals surface area contributed by atoms with Crippen LogP contribution in [0.25, 0.3) is 0 Å². The van der Waals surface area contributed by atoms with Gasteiger partial charge in [-0.05, 0) is 49.4 Å². The van der Waals surface area contributed by atoms with Gasteiger partial charge in [-0.2, -0.15) is 0 Å². The Hall–Kier alpha value is -2.87. The molecule has 0 fully saturated rings. The van der Waals surface area contributed by atoms with Crippen molar-refractivity contribution in [2.45, 2.75) is 50.6 Å². The molecule has 0 unspecified atom stereocenters. The molecule has 0 aliphatic carbocycles. The van der Waals surface area contributed by atoms with Crippen LogP contribution in [0, 0.1) is 5.92 Å². The summed E-state index contributed by atoms with van der Waals surface area (Å²) in [6.07, 6.45) is 2.16. The number of nitrogens with zero attached hydrogens (tertiary/aromatic N) is 2. The second-order valence-electron chi connectivity index (χ2n) is 8.77. The van der Waals surface area contributed by atoms with Gasteiger partial charge >= 0.3 is 0 Å². The number of benzene rings is 2. The fourth-order valence-corrected chi connectivity index (χ4v) is 5.62. The van der Waals surface area contributed by atoms with Gasteiger partial charge in [-0.25, -0.2) is 8.42 Å². The first-order chi connectivity index (χ1) is 15.3. The molecule has 2 aliphatic rings. The van der Waals surface area contributed by atoms with Crippen LogP contribution >= 0.6 is 0 Å². The van der Waals surface area contributed by atoms with Crippen LogP contribution < -0.4 is 14.9 Å². The van der Waals surface area contributed by atoms with Crippen molar-refractivity contribution in [3.63, 3.8) is 0 Å². The van der Waals surface area contributed by atoms with Crippen LogP contribution in [0.1, 0.15) is 38.3 Å². The zero-order valence-corrected chi connectivity index (χ0v) is 19.5. The molecule has 0 radical (unpaired) electrons. The highest BCUT2D eigenvalue weighted by molar-refractivity contribution is 7.90. The summed E-state index contributed by atoms with van der Waals surface area (Å²) < 4.78 is 27.2. The lowest BCUT2D eigenvalue weighted by Crippen LogP contribution is -2.45. The summed E-state index contributed by atoms with van der Waals surface area (Å²) in [6, 6.07) is 14.8. The third-order valence-corrected chi connectivity index (χ3v) is 7.54. The first-order valence-electron chi connectivity index (χ1n) is 11.1. The number of amides is 1. The molecule has 2 aromatic carbocycles. The Morgan fingerprint density at radius 1 is 1.19 bits per heavy atom. The molecular formula is C24H30N4O3S. The van der Waals surface area contributed by atoms with Crippen LogP contribution in [0.3, 0.4) is 0 Å². The number of carbonyl (C=O) groups is 1. The highest BCUT2D eigenvalue weighted by atomic mass is 32.2. The van der Waals surface area contributed by atoms with Crippen molar-refractivity contribution in [2.24, 2.45) is 10.9 Å². The molecule has 7 nitrogen and oxygen atoms in total. The highest BCUT2D eigenvalue weighted by Crippen LogP contribution is 2.30. The molecule has 8 heteroatoms. The third kappa shape index (κ3) is 4.37. The molecule has 2 heterocycles. The second-order valence-corrected chi connectivity index (χ2v) is 10.4. The highest BCUT2D eigenvalue weighted by Gasteiger charge is 2.32. The number of para-hydroxylation sites is 1. The van der Waals surface area contributed by atoms with Gasteiger partial charge in [-0.15, -0.1) is 0 Å². The van der Waals surface area contributed by atoms with Crippen molar-refractivity contribution in [3.05, 3.63) is 59.7 Å². The van der Waals surface area contributed by atoms with E-state index in [9.17, 15) is 13.2 Å². The maximum absolute atomic E-state index is 13.0. The number of aliphatic imine (C=N–C) groups is 1. The summed E-state index contributed by atoms with van der Waals surface area (Å²) in [4.78, 5) is 20.1. The van der Waals surface area contributed by atoms with E-state index in [0.717, 1.165) is 12.8 Å². The van der Waals surface area contributed by atoms with Crippen molar-refractivity contribution in [3.8, 4) is 0 Å². The normalized spacial score (nSPS) is 21.1. The zero-order chi connectivity index (χ0) is 22.9. The zero-order valence-electron chi connectivity index (χ0n) is 18.7. The predicted octanol–water partition coefficient (Wildman–Crippen LogP) is 2.71. The van der Waals surface area contributed by atoms with Gasteiger partial charge in [-0.1, -0.05) is 44.2 Å². The van der Waals surface area contributed by atoms with E-state index in [2.05, 4.69) is 45.1 Å². The fraction of sp³-hybridized carbons (Fsp3) is 0.417. The Kier molecular flexibility index (Phi) is 6.24. The number of hydrogen-bond acceptors (Lipinski definition) is 5. The molecular weight excluding hydrogens is 424 g/mol. The van der Waals surface area contributed by atoms with Crippen LogP contribution in [0.4, 0.5) is 5.69 Å². The summed E-state index contributed by atoms with van der Waals surface area (Å²) in [7, 11) is -3.64. The number of amidine groups is 1. The lowest BCUT2D eigenvalue weighted by Gasteiger charge is -2.37. The quantitative estimate of drug-likeness (QED) is 0.702. The molecule has 32 heavy (non-hydrogen) atoms. The minimum absolute atomic E-state index is 0.0885. The Labute approximate surface area is 190 Å². The number of hydrogen-bond donors (Lipinski definition) is 2. The van der Waals surface area contributed by atoms with E-state index in [1.54, 1.807) is 24.3 Å². The number of nitrogens with one attached hydrogen (secondary N) is 2. The van der Waals surface area contributed by atoms with E-state index >= 15 is 0 Å². The Morgan fingerprint density at radius 2 is 1.91 bits per heavy atom. The Morgan fingerprint density at radius 3 is 2.69 bits per heavy atom. The largest absolute Gasteiger partial charge is 0.367 e. The average Bonchev–Trinajstić information content (AvgIpc) is 3.03. The number of rotatable bonds is 6. The summed E-state index contributed by atoms with van der Waals surface area (Å²) >= 11 is 0. The number of aryl methyl sites for hydroxylation is 1. The molecule has 0 saturated carbocycles. The minimum Gasteiger partial charge on any atom is -0.367 e. The van der Waals surface area contributed by atoms with E-state index in [1.165, 1.54) is 11.3 Å². The SMILES string of the molecule is CC(C)[C@H](N=C1NS(=O)(=O)c2ccccc21)C(=O)NCCN1c2ccccc2CC[C@@H]1C. The average molecular weight is 455 g/mol. The summed E-state index contributed by atoms with van der Waals surface area (Å²) in [6.45, 7) is 7.23. The monoisotopic (exact) mass is 454 g/mol. The molecule has 2 aliphatic heterocycles. The number of fused-ring (bicyclic) bond motifs is 2. The Balaban J connectivity index is 1.46. The first-order valence-corrected chi connectivity index (χ1v) is 12.6. The minimum atomic E-state index is -3.64. The molecule has 2 atom stereocenters. The van der Waals surface area contributed by atoms with Gasteiger partial charge < -0.3 is 10.2 Å². The second kappa shape index (κ2) is 8.94. The van der Waals surface area contributed by atoms with Gasteiger partial charge in [0.15, 0.2) is 0 Å². The summed E-state index contributed by atoms with van der Waals surface area (Å²) in [5, 5.41) is 3.02. The van der Waals surface area contributed by atoms with Crippen LogP contribution in [-0.4, -0.2) is 45.3 Å². The van der Waals surface area contributed by atoms with Crippen molar-refractivity contribution in [2.75, 3.05) is 18.0 Å². The van der Waals surface area contributed by atoms with Crippen LogP contribution in [0.2, 0.25) is 0 Å². The maximum atomic E-state index is 13.0. The maximum Gasteiger partial charge on any atom is 0.263 e. The predicted molar refractivity (Wildman–Crippen MR) is 127 cm³/mol. The third-order valence-electron chi connectivity index (χ3n) is 6.15. The molecule has 170 valence electrons. The van der Waals surface area contributed by atoms with Crippen molar-refractivity contribution >= 4 is 27.5 Å². The fourth-order valence-electron chi connectivity index (χ4n) is 4.38. The standard InChI is InChI=1S/C24H30N4O3S/c1-16(2)22(26-23-19-9-5-7-11-21(19)32(30,31)27-23)24(29)25-14-15-28-17(3)12-13-18-8-4-6-10-20(18)28/h4-11,16-17,22H,12-15H2,1-3H3,(H,25,29)(H,26,27)/t17-,22-/m0/s1. The van der Waals surface area contributed by atoms with E-state index < -0.39 is 16.1 Å². The molecule has 0 aromatic heterocycles. The molecule has 0 spiro atoms. The van der Waals surface area contributed by atoms with Gasteiger partial charge in [0.25, 0.3) is 10.0 Å². The van der Waals surface area contributed by atoms with Gasteiger partial charge in [0.1, 0.15) is 11.9 Å². The molecule has 2 aromatic rings. The van der Waals surface area contributed by atoms with Crippen molar-refractivity contribution < 1.29 is 13.2 Å². The Bertz CT molecular complexity index is 1140. The van der Waals surface area contributed by atoms with Crippen molar-refractivity contribution in [1.82, 2.24) is 10.0 Å². The molecule has 2 N–H and O–H groups in total. The number of carbonyl (C=O) groups excluding carboxylic acids is 1. The molecule has 1 amide bonds. The lowest BCUT2D eigenvalue weighted by atomic mass is 9.97. The number of anilines is 1. The molecule has 0 bridgehead atoms. The van der Waals surface area contributed by atoms with Crippen LogP contribution in [0.5, 0.6) is 0 Å². The van der Waals surface area contributed by atoms with E-state index in [4.69, 9.17) is 0 Å². The van der Waals surface area contributed by atoms with Crippen molar-refractivity contribution in [1.29, 1.82) is 0 Å². The smallest absolute Gasteiger partial charge is 0.263 e. The van der Waals surface area contributed by atoms with Gasteiger partial charge in [-0.3, -0.25) is 14.5 Å². The summed E-state index contributed by atoms with van der Waals surface area (Å²) in [5.74, 6) is -0.0588. The van der Waals surface area contributed by atoms with Crippen LogP contribution in [0.15, 0.2) is 58.4 Å². The van der Waals surface area contributed by atoms with E-state index in [1.807, 2.05) is 19.9 Å². The van der Waals surface area contributed by atoms with Gasteiger partial charge in [0.05, 0.1) is 4.90 Å². The lowest BCUT2D eigenvalue weighted by molar-refractivity contribution is -0.123. The van der Waals surface area contributed by atoms with E-state index in [-0.39, 0.29) is 22.6 Å². The van der Waals surface area contributed by atoms with E-state index in [0.29, 0.717) is 24.7 Å². The van der Waals surface area contributed by atoms with Gasteiger partial charge in [0.2, 0.25) is 5.91 Å². The molecule has 0 saturated heterocycles. The van der Waals surface area contributed by atoms with Gasteiger partial charge in [0, 0.05) is 30.4 Å². The van der Waals surface area contributed by atoms with Crippen LogP contribution in [-0.2, 0) is 21.2 Å². The number of sulfonamides is 1. The first kappa shape index (κ1) is 22.3. The summed E-state index contributed by atoms with van der Waals surface area (Å²) in [5.41, 5.74) is 3.08. The molecule has 4 rings (SSSR count). The topological polar surface area (TPSA) is 90.9 Å².